The fourth-order valence-corrected chi connectivity index (χ4v) is 1.20. The zero-order chi connectivity index (χ0) is 11.7. The van der Waals surface area contributed by atoms with Crippen LogP contribution in [0.1, 0.15) is 26.2 Å². The first-order valence-electron chi connectivity index (χ1n) is 5.22. The summed E-state index contributed by atoms with van der Waals surface area (Å²) in [5, 5.41) is 2.47. The van der Waals surface area contributed by atoms with Crippen LogP contribution in [0, 0.1) is 5.92 Å². The molecule has 0 fully saturated rings. The Kier molecular flexibility index (Phi) is 7.24. The number of unbranched alkanes of at least 4 members (excludes halogenated alkanes) is 1. The molecule has 0 aromatic carbocycles. The first-order valence-corrected chi connectivity index (χ1v) is 5.22. The van der Waals surface area contributed by atoms with Crippen molar-refractivity contribution in [3.8, 4) is 0 Å². The van der Waals surface area contributed by atoms with E-state index in [-0.39, 0.29) is 5.92 Å². The molecule has 0 aromatic heterocycles. The van der Waals surface area contributed by atoms with E-state index in [4.69, 9.17) is 0 Å². The predicted molar refractivity (Wildman–Crippen MR) is 61.4 cm³/mol. The van der Waals surface area contributed by atoms with Crippen molar-refractivity contribution in [1.82, 2.24) is 5.32 Å². The maximum atomic E-state index is 11.6. The highest BCUT2D eigenvalue weighted by Gasteiger charge is 2.21. The molecule has 0 aliphatic rings. The number of hydrogen-bond donors (Lipinski definition) is 1. The second kappa shape index (κ2) is 7.97. The summed E-state index contributed by atoms with van der Waals surface area (Å²) in [6.07, 6.45) is 5.72. The number of carbonyl (C=O) groups is 2. The third-order valence-electron chi connectivity index (χ3n) is 2.12. The minimum Gasteiger partial charge on any atom is -0.346 e. The van der Waals surface area contributed by atoms with Crippen LogP contribution < -0.4 is 5.32 Å². The monoisotopic (exact) mass is 209 g/mol. The maximum Gasteiger partial charge on any atom is 0.288 e. The third kappa shape index (κ3) is 5.15. The van der Waals surface area contributed by atoms with Gasteiger partial charge >= 0.3 is 0 Å². The second-order valence-corrected chi connectivity index (χ2v) is 3.35. The first-order chi connectivity index (χ1) is 7.17. The van der Waals surface area contributed by atoms with Crippen LogP contribution in [0.5, 0.6) is 0 Å². The zero-order valence-electron chi connectivity index (χ0n) is 9.29. The van der Waals surface area contributed by atoms with Gasteiger partial charge in [-0.05, 0) is 6.42 Å². The number of carbonyl (C=O) groups excluding carboxylic acids is 2. The van der Waals surface area contributed by atoms with E-state index in [2.05, 4.69) is 18.5 Å². The van der Waals surface area contributed by atoms with Crippen LogP contribution in [-0.2, 0) is 9.59 Å². The lowest BCUT2D eigenvalue weighted by atomic mass is 9.97. The molecule has 3 nitrogen and oxygen atoms in total. The highest BCUT2D eigenvalue weighted by Crippen LogP contribution is 2.10. The van der Waals surface area contributed by atoms with Gasteiger partial charge in [-0.1, -0.05) is 31.9 Å². The molecule has 0 heterocycles. The molecule has 0 bridgehead atoms. The van der Waals surface area contributed by atoms with Crippen molar-refractivity contribution >= 4 is 11.7 Å². The van der Waals surface area contributed by atoms with Crippen molar-refractivity contribution in [2.45, 2.75) is 26.2 Å². The van der Waals surface area contributed by atoms with Gasteiger partial charge in [-0.2, -0.15) is 0 Å². The van der Waals surface area contributed by atoms with E-state index in [1.165, 1.54) is 0 Å². The maximum absolute atomic E-state index is 11.6. The molecule has 0 saturated heterocycles. The average Bonchev–Trinajstić information content (AvgIpc) is 2.26. The van der Waals surface area contributed by atoms with E-state index in [0.717, 1.165) is 12.8 Å². The largest absolute Gasteiger partial charge is 0.346 e. The summed E-state index contributed by atoms with van der Waals surface area (Å²) >= 11 is 0. The molecule has 1 atom stereocenters. The van der Waals surface area contributed by atoms with Crippen molar-refractivity contribution in [1.29, 1.82) is 0 Å². The fraction of sp³-hybridized carbons (Fsp3) is 0.500. The van der Waals surface area contributed by atoms with Crippen molar-refractivity contribution in [3.05, 3.63) is 25.3 Å². The Hall–Kier alpha value is -1.38. The molecule has 84 valence electrons. The quantitative estimate of drug-likeness (QED) is 0.490. The van der Waals surface area contributed by atoms with Gasteiger partial charge in [0.25, 0.3) is 5.91 Å². The molecule has 0 aromatic rings. The molecule has 0 aliphatic carbocycles. The van der Waals surface area contributed by atoms with Crippen LogP contribution in [0.3, 0.4) is 0 Å². The molecule has 0 spiro atoms. The van der Waals surface area contributed by atoms with Gasteiger partial charge in [-0.25, -0.2) is 0 Å². The van der Waals surface area contributed by atoms with Crippen molar-refractivity contribution in [2.24, 2.45) is 5.92 Å². The summed E-state index contributed by atoms with van der Waals surface area (Å²) in [7, 11) is 0. The van der Waals surface area contributed by atoms with Crippen LogP contribution in [-0.4, -0.2) is 18.2 Å². The number of Topliss-reactive ketones (excluding diaryl/α,β-unsaturated/α-hetero) is 1. The Bertz CT molecular complexity index is 246. The molecule has 15 heavy (non-hydrogen) atoms. The predicted octanol–water partition coefficient (Wildman–Crippen LogP) is 1.85. The van der Waals surface area contributed by atoms with Crippen LogP contribution in [0.15, 0.2) is 25.3 Å². The van der Waals surface area contributed by atoms with Gasteiger partial charge in [0.15, 0.2) is 0 Å². The molecule has 1 N–H and O–H groups in total. The molecule has 1 unspecified atom stereocenters. The lowest BCUT2D eigenvalue weighted by molar-refractivity contribution is -0.139. The lowest BCUT2D eigenvalue weighted by Crippen LogP contribution is -2.34. The molecule has 0 saturated carbocycles. The highest BCUT2D eigenvalue weighted by molar-refractivity contribution is 6.37. The van der Waals surface area contributed by atoms with Crippen molar-refractivity contribution in [3.63, 3.8) is 0 Å². The molecular weight excluding hydrogens is 190 g/mol. The number of amides is 1. The van der Waals surface area contributed by atoms with E-state index in [0.29, 0.717) is 13.0 Å². The van der Waals surface area contributed by atoms with Gasteiger partial charge < -0.3 is 5.32 Å². The Morgan fingerprint density at radius 2 is 2.07 bits per heavy atom. The molecule has 0 radical (unpaired) electrons. The molecule has 0 aliphatic heterocycles. The lowest BCUT2D eigenvalue weighted by Gasteiger charge is -2.09. The van der Waals surface area contributed by atoms with Gasteiger partial charge in [0.1, 0.15) is 0 Å². The molecular formula is C12H19NO2. The minimum absolute atomic E-state index is 0.322. The van der Waals surface area contributed by atoms with Crippen molar-refractivity contribution < 1.29 is 9.59 Å². The number of allylic oxidation sites excluding steroid dienone is 1. The van der Waals surface area contributed by atoms with E-state index in [1.54, 1.807) is 12.2 Å². The Morgan fingerprint density at radius 3 is 2.53 bits per heavy atom. The van der Waals surface area contributed by atoms with Gasteiger partial charge in [-0.3, -0.25) is 9.59 Å². The summed E-state index contributed by atoms with van der Waals surface area (Å²) < 4.78 is 0. The van der Waals surface area contributed by atoms with E-state index >= 15 is 0 Å². The Morgan fingerprint density at radius 1 is 1.40 bits per heavy atom. The summed E-state index contributed by atoms with van der Waals surface area (Å²) in [6.45, 7) is 9.40. The van der Waals surface area contributed by atoms with Crippen LogP contribution >= 0.6 is 0 Å². The average molecular weight is 209 g/mol. The Balaban J connectivity index is 4.17. The zero-order valence-corrected chi connectivity index (χ0v) is 9.29. The highest BCUT2D eigenvalue weighted by atomic mass is 16.2. The summed E-state index contributed by atoms with van der Waals surface area (Å²) in [6, 6.07) is 0. The fourth-order valence-electron chi connectivity index (χ4n) is 1.20. The third-order valence-corrected chi connectivity index (χ3v) is 2.12. The SMILES string of the molecule is C=CCNC(=O)C(=O)C(C=C)CCCC. The van der Waals surface area contributed by atoms with Gasteiger partial charge in [0.2, 0.25) is 5.78 Å². The first kappa shape index (κ1) is 13.6. The number of ketones is 1. The van der Waals surface area contributed by atoms with E-state index in [9.17, 15) is 9.59 Å². The van der Waals surface area contributed by atoms with Crippen LogP contribution in [0.25, 0.3) is 0 Å². The van der Waals surface area contributed by atoms with E-state index < -0.39 is 11.7 Å². The number of rotatable bonds is 8. The summed E-state index contributed by atoms with van der Waals surface area (Å²) in [5.74, 6) is -1.30. The topological polar surface area (TPSA) is 46.2 Å². The second-order valence-electron chi connectivity index (χ2n) is 3.35. The van der Waals surface area contributed by atoms with Crippen molar-refractivity contribution in [2.75, 3.05) is 6.54 Å². The molecule has 3 heteroatoms. The van der Waals surface area contributed by atoms with Gasteiger partial charge in [-0.15, -0.1) is 13.2 Å². The summed E-state index contributed by atoms with van der Waals surface area (Å²) in [5.41, 5.74) is 0. The normalized spacial score (nSPS) is 11.5. The van der Waals surface area contributed by atoms with Gasteiger partial charge in [0.05, 0.1) is 0 Å². The van der Waals surface area contributed by atoms with Crippen LogP contribution in [0.2, 0.25) is 0 Å². The van der Waals surface area contributed by atoms with Crippen LogP contribution in [0.4, 0.5) is 0 Å². The molecule has 1 amide bonds. The minimum atomic E-state index is -0.545. The molecule has 0 rings (SSSR count). The number of hydrogen-bond acceptors (Lipinski definition) is 2. The smallest absolute Gasteiger partial charge is 0.288 e. The Labute approximate surface area is 91.2 Å². The van der Waals surface area contributed by atoms with E-state index in [1.807, 2.05) is 6.92 Å². The standard InChI is InChI=1S/C12H19NO2/c1-4-7-8-10(6-3)11(14)12(15)13-9-5-2/h5-6,10H,2-4,7-9H2,1H3,(H,13,15). The van der Waals surface area contributed by atoms with Gasteiger partial charge in [0, 0.05) is 12.5 Å². The summed E-state index contributed by atoms with van der Waals surface area (Å²) in [4.78, 5) is 22.9. The number of nitrogens with one attached hydrogen (secondary N) is 1.